The average Bonchev–Trinajstić information content (AvgIpc) is 2.99. The Morgan fingerprint density at radius 1 is 1.16 bits per heavy atom. The Kier molecular flexibility index (Phi) is 6.17. The van der Waals surface area contributed by atoms with E-state index < -0.39 is 18.0 Å². The third-order valence-corrected chi connectivity index (χ3v) is 4.38. The number of carbonyl (C=O) groups excluding carboxylic acids is 2. The normalized spacial score (nSPS) is 12.4. The SMILES string of the molecule is C[N+](C)(C)C[C@@H](CC(=O)[O-])NC(=O)Nc1ccc(-c2cccs2)cc1. The van der Waals surface area contributed by atoms with E-state index >= 15 is 0 Å². The Morgan fingerprint density at radius 3 is 2.36 bits per heavy atom. The third-order valence-electron chi connectivity index (χ3n) is 3.46. The Bertz CT molecular complexity index is 706. The number of urea groups is 1. The fourth-order valence-corrected chi connectivity index (χ4v) is 3.27. The Hall–Kier alpha value is -2.38. The first kappa shape index (κ1) is 19.0. The summed E-state index contributed by atoms with van der Waals surface area (Å²) in [5, 5.41) is 18.4. The van der Waals surface area contributed by atoms with Gasteiger partial charge >= 0.3 is 6.03 Å². The molecule has 0 bridgehead atoms. The molecule has 0 aliphatic rings. The molecule has 2 amide bonds. The van der Waals surface area contributed by atoms with Gasteiger partial charge in [0.25, 0.3) is 0 Å². The highest BCUT2D eigenvalue weighted by Gasteiger charge is 2.20. The Morgan fingerprint density at radius 2 is 1.84 bits per heavy atom. The first-order valence-corrected chi connectivity index (χ1v) is 8.83. The number of carboxylic acid groups (broad SMARTS) is 1. The molecule has 0 saturated heterocycles. The van der Waals surface area contributed by atoms with E-state index in [-0.39, 0.29) is 6.42 Å². The van der Waals surface area contributed by atoms with Gasteiger partial charge in [-0.3, -0.25) is 0 Å². The van der Waals surface area contributed by atoms with Crippen LogP contribution in [0.15, 0.2) is 41.8 Å². The number of likely N-dealkylation sites (N-methyl/N-ethyl adjacent to an activating group) is 1. The number of rotatable bonds is 7. The van der Waals surface area contributed by atoms with E-state index in [4.69, 9.17) is 0 Å². The summed E-state index contributed by atoms with van der Waals surface area (Å²) in [4.78, 5) is 24.2. The monoisotopic (exact) mass is 361 g/mol. The van der Waals surface area contributed by atoms with Crippen molar-refractivity contribution < 1.29 is 19.2 Å². The second-order valence-electron chi connectivity index (χ2n) is 6.90. The van der Waals surface area contributed by atoms with Crippen molar-refractivity contribution in [1.29, 1.82) is 0 Å². The summed E-state index contributed by atoms with van der Waals surface area (Å²) < 4.78 is 0.535. The average molecular weight is 361 g/mol. The highest BCUT2D eigenvalue weighted by Crippen LogP contribution is 2.25. The van der Waals surface area contributed by atoms with Crippen LogP contribution in [0.4, 0.5) is 10.5 Å². The van der Waals surface area contributed by atoms with Crippen LogP contribution >= 0.6 is 11.3 Å². The second kappa shape index (κ2) is 8.13. The molecule has 0 fully saturated rings. The van der Waals surface area contributed by atoms with Crippen LogP contribution in [0.5, 0.6) is 0 Å². The molecule has 0 spiro atoms. The molecule has 0 aliphatic heterocycles. The van der Waals surface area contributed by atoms with Crippen LogP contribution in [0.2, 0.25) is 0 Å². The van der Waals surface area contributed by atoms with Crippen molar-refractivity contribution >= 4 is 29.0 Å². The van der Waals surface area contributed by atoms with Crippen LogP contribution < -0.4 is 15.7 Å². The van der Waals surface area contributed by atoms with Gasteiger partial charge in [-0.05, 0) is 29.1 Å². The molecule has 1 heterocycles. The van der Waals surface area contributed by atoms with Gasteiger partial charge < -0.3 is 25.0 Å². The van der Waals surface area contributed by atoms with Crippen LogP contribution in [0, 0.1) is 0 Å². The van der Waals surface area contributed by atoms with Crippen molar-refractivity contribution in [3.63, 3.8) is 0 Å². The molecule has 2 N–H and O–H groups in total. The lowest BCUT2D eigenvalue weighted by Gasteiger charge is -2.30. The summed E-state index contributed by atoms with van der Waals surface area (Å²) in [6.45, 7) is 0.485. The predicted molar refractivity (Wildman–Crippen MR) is 98.2 cm³/mol. The number of carbonyl (C=O) groups is 2. The smallest absolute Gasteiger partial charge is 0.319 e. The summed E-state index contributed by atoms with van der Waals surface area (Å²) in [6.07, 6.45) is -0.222. The summed E-state index contributed by atoms with van der Waals surface area (Å²) in [5.74, 6) is -1.18. The Labute approximate surface area is 151 Å². The summed E-state index contributed by atoms with van der Waals surface area (Å²) in [7, 11) is 5.81. The molecule has 1 aromatic heterocycles. The predicted octanol–water partition coefficient (Wildman–Crippen LogP) is 1.75. The van der Waals surface area contributed by atoms with Crippen LogP contribution in [0.1, 0.15) is 6.42 Å². The number of hydrogen-bond acceptors (Lipinski definition) is 4. The van der Waals surface area contributed by atoms with Gasteiger partial charge in [0.1, 0.15) is 0 Å². The van der Waals surface area contributed by atoms with Crippen molar-refractivity contribution in [2.75, 3.05) is 33.0 Å². The van der Waals surface area contributed by atoms with Crippen molar-refractivity contribution in [3.8, 4) is 10.4 Å². The van der Waals surface area contributed by atoms with Crippen molar-refractivity contribution in [2.24, 2.45) is 0 Å². The molecular formula is C18H23N3O3S. The van der Waals surface area contributed by atoms with E-state index in [0.29, 0.717) is 16.7 Å². The van der Waals surface area contributed by atoms with E-state index in [1.807, 2.05) is 62.9 Å². The second-order valence-corrected chi connectivity index (χ2v) is 7.85. The Balaban J connectivity index is 1.96. The number of anilines is 1. The zero-order valence-electron chi connectivity index (χ0n) is 14.6. The van der Waals surface area contributed by atoms with Gasteiger partial charge in [-0.15, -0.1) is 11.3 Å². The first-order chi connectivity index (χ1) is 11.7. The number of amides is 2. The molecule has 0 saturated carbocycles. The van der Waals surface area contributed by atoms with Crippen molar-refractivity contribution in [1.82, 2.24) is 5.32 Å². The van der Waals surface area contributed by atoms with Gasteiger partial charge in [0.15, 0.2) is 0 Å². The van der Waals surface area contributed by atoms with Gasteiger partial charge in [0, 0.05) is 23.0 Å². The van der Waals surface area contributed by atoms with Gasteiger partial charge in [-0.25, -0.2) is 4.79 Å². The molecule has 2 aromatic rings. The van der Waals surface area contributed by atoms with Gasteiger partial charge in [0.2, 0.25) is 0 Å². The molecule has 0 aliphatic carbocycles. The molecule has 2 rings (SSSR count). The fourth-order valence-electron chi connectivity index (χ4n) is 2.54. The lowest BCUT2D eigenvalue weighted by molar-refractivity contribution is -0.871. The highest BCUT2D eigenvalue weighted by molar-refractivity contribution is 7.13. The van der Waals surface area contributed by atoms with Gasteiger partial charge in [0.05, 0.1) is 33.7 Å². The minimum absolute atomic E-state index is 0.222. The van der Waals surface area contributed by atoms with E-state index in [1.165, 1.54) is 0 Å². The molecule has 6 nitrogen and oxygen atoms in total. The number of aliphatic carboxylic acids is 1. The number of carboxylic acids is 1. The molecule has 0 radical (unpaired) electrons. The van der Waals surface area contributed by atoms with E-state index in [0.717, 1.165) is 10.4 Å². The van der Waals surface area contributed by atoms with Crippen molar-refractivity contribution in [3.05, 3.63) is 41.8 Å². The lowest BCUT2D eigenvalue weighted by atomic mass is 10.1. The summed E-state index contributed by atoms with van der Waals surface area (Å²) in [5.41, 5.74) is 1.73. The maximum Gasteiger partial charge on any atom is 0.319 e. The lowest BCUT2D eigenvalue weighted by Crippen LogP contribution is -2.51. The number of nitrogens with zero attached hydrogens (tertiary/aromatic N) is 1. The zero-order chi connectivity index (χ0) is 18.4. The molecule has 1 atom stereocenters. The van der Waals surface area contributed by atoms with Gasteiger partial charge in [-0.2, -0.15) is 0 Å². The van der Waals surface area contributed by atoms with Crippen LogP contribution in [-0.2, 0) is 4.79 Å². The van der Waals surface area contributed by atoms with Crippen molar-refractivity contribution in [2.45, 2.75) is 12.5 Å². The summed E-state index contributed by atoms with van der Waals surface area (Å²) in [6, 6.07) is 10.6. The number of nitrogens with one attached hydrogen (secondary N) is 2. The van der Waals surface area contributed by atoms with E-state index in [1.54, 1.807) is 11.3 Å². The molecular weight excluding hydrogens is 338 g/mol. The fraction of sp³-hybridized carbons (Fsp3) is 0.333. The van der Waals surface area contributed by atoms with Crippen LogP contribution in [-0.4, -0.2) is 50.2 Å². The maximum absolute atomic E-state index is 12.2. The van der Waals surface area contributed by atoms with Gasteiger partial charge in [-0.1, -0.05) is 18.2 Å². The molecule has 1 aromatic carbocycles. The zero-order valence-corrected chi connectivity index (χ0v) is 15.4. The minimum atomic E-state index is -1.18. The largest absolute Gasteiger partial charge is 0.550 e. The van der Waals surface area contributed by atoms with E-state index in [9.17, 15) is 14.7 Å². The third kappa shape index (κ3) is 6.56. The number of quaternary nitrogens is 1. The van der Waals surface area contributed by atoms with E-state index in [2.05, 4.69) is 10.6 Å². The molecule has 25 heavy (non-hydrogen) atoms. The number of benzene rings is 1. The van der Waals surface area contributed by atoms with Crippen LogP contribution in [0.3, 0.4) is 0 Å². The number of hydrogen-bond donors (Lipinski definition) is 2. The van der Waals surface area contributed by atoms with Crippen LogP contribution in [0.25, 0.3) is 10.4 Å². The topological polar surface area (TPSA) is 81.3 Å². The summed E-state index contributed by atoms with van der Waals surface area (Å²) >= 11 is 1.65. The molecule has 7 heteroatoms. The molecule has 134 valence electrons. The first-order valence-electron chi connectivity index (χ1n) is 7.95. The molecule has 0 unspecified atom stereocenters. The maximum atomic E-state index is 12.2. The highest BCUT2D eigenvalue weighted by atomic mass is 32.1. The minimum Gasteiger partial charge on any atom is -0.550 e. The quantitative estimate of drug-likeness (QED) is 0.737. The number of thiophene rings is 1. The standard InChI is InChI=1S/C18H23N3O3S/c1-21(2,3)12-15(11-17(22)23)20-18(24)19-14-8-6-13(7-9-14)16-5-4-10-25-16/h4-10,15H,11-12H2,1-3H3,(H2-,19,20,22,23,24)/t15-/m1/s1.